The lowest BCUT2D eigenvalue weighted by Gasteiger charge is -2.54. The monoisotopic (exact) mass is 833 g/mol. The van der Waals surface area contributed by atoms with Gasteiger partial charge in [-0.15, -0.1) is 10.9 Å². The quantitative estimate of drug-likeness (QED) is 0.135. The van der Waals surface area contributed by atoms with Crippen LogP contribution in [-0.4, -0.2) is 6.28 Å². The molecule has 65 heavy (non-hydrogen) atoms. The zero-order chi connectivity index (χ0) is 43.2. The lowest BCUT2D eigenvalue weighted by Crippen LogP contribution is -2.89. The van der Waals surface area contributed by atoms with Crippen LogP contribution >= 0.6 is 0 Å². The highest BCUT2D eigenvalue weighted by Gasteiger charge is 2.52. The van der Waals surface area contributed by atoms with Gasteiger partial charge in [-0.05, 0) is 103 Å². The van der Waals surface area contributed by atoms with Crippen molar-refractivity contribution in [2.45, 2.75) is 0 Å². The van der Waals surface area contributed by atoms with Crippen LogP contribution in [0.3, 0.4) is 0 Å². The van der Waals surface area contributed by atoms with E-state index in [4.69, 9.17) is 0 Å². The van der Waals surface area contributed by atoms with Crippen molar-refractivity contribution in [3.63, 3.8) is 0 Å². The van der Waals surface area contributed by atoms with Crippen molar-refractivity contribution >= 4 is 91.2 Å². The van der Waals surface area contributed by atoms with Crippen molar-refractivity contribution in [3.8, 4) is 0 Å². The summed E-state index contributed by atoms with van der Waals surface area (Å²) in [4.78, 5) is 9.67. The average molecular weight is 834 g/mol. The Morgan fingerprint density at radius 1 is 0.292 bits per heavy atom. The van der Waals surface area contributed by atoms with Gasteiger partial charge in [0, 0.05) is 46.3 Å². The van der Waals surface area contributed by atoms with Crippen LogP contribution in [0.15, 0.2) is 267 Å². The number of para-hydroxylation sites is 6. The molecular weight excluding hydrogens is 789 g/mol. The summed E-state index contributed by atoms with van der Waals surface area (Å²) in [5.41, 5.74) is 14.7. The second-order valence-electron chi connectivity index (χ2n) is 16.7. The number of fused-ring (bicyclic) bond motifs is 4. The third kappa shape index (κ3) is 6.22. The molecule has 0 spiro atoms. The van der Waals surface area contributed by atoms with Gasteiger partial charge in [0.2, 0.25) is 6.28 Å². The second-order valence-corrected chi connectivity index (χ2v) is 16.7. The Morgan fingerprint density at radius 3 is 0.969 bits per heavy atom. The largest absolute Gasteiger partial charge is 0.410 e. The third-order valence-electron chi connectivity index (χ3n) is 13.1. The lowest BCUT2D eigenvalue weighted by atomic mass is 9.22. The van der Waals surface area contributed by atoms with Crippen LogP contribution in [0.25, 0.3) is 0 Å². The first kappa shape index (κ1) is 38.1. The van der Waals surface area contributed by atoms with Crippen LogP contribution in [0, 0.1) is 0 Å². The molecule has 0 amide bonds. The van der Waals surface area contributed by atoms with E-state index in [1.165, 1.54) is 16.4 Å². The fourth-order valence-electron chi connectivity index (χ4n) is 10.5. The highest BCUT2D eigenvalue weighted by molar-refractivity contribution is 7.07. The van der Waals surface area contributed by atoms with Gasteiger partial charge in [-0.1, -0.05) is 152 Å². The molecule has 0 saturated heterocycles. The number of benzene rings is 9. The molecule has 3 heterocycles. The molecule has 0 saturated carbocycles. The molecule has 1 aromatic heterocycles. The zero-order valence-corrected chi connectivity index (χ0v) is 35.7. The van der Waals surface area contributed by atoms with E-state index in [-0.39, 0.29) is 0 Å². The molecule has 0 unspecified atom stereocenters. The van der Waals surface area contributed by atoms with Crippen LogP contribution in [0.1, 0.15) is 0 Å². The lowest BCUT2D eigenvalue weighted by molar-refractivity contribution is -0.512. The topological polar surface area (TPSA) is 16.8 Å². The van der Waals surface area contributed by atoms with Crippen molar-refractivity contribution in [3.05, 3.63) is 267 Å². The summed E-state index contributed by atoms with van der Waals surface area (Å²) in [6.45, 7) is 0. The van der Waals surface area contributed by atoms with Gasteiger partial charge >= 0.3 is 0 Å². The molecule has 2 aliphatic rings. The van der Waals surface area contributed by atoms with Crippen LogP contribution in [0.4, 0.5) is 68.5 Å². The van der Waals surface area contributed by atoms with Crippen molar-refractivity contribution in [2.24, 2.45) is 0 Å². The van der Waals surface area contributed by atoms with Gasteiger partial charge < -0.3 is 14.3 Å². The molecule has 2 aliphatic heterocycles. The standard InChI is InChI=1S/C59H44BN5/c1-8-23-45(24-9-1)60-54-41-39-52(61(46-25-10-2-11-26-46)47-27-12-3-13-28-47)43-56(54)63(50-33-18-6-19-34-50)58-37-22-38-59(65(58)60)64(51-35-20-7-21-36-51)57-44-53(40-42-55(57)60)62(48-29-14-4-15-30-48)49-31-16-5-17-32-49/h1-44H. The fourth-order valence-corrected chi connectivity index (χ4v) is 10.5. The number of pyridine rings is 1. The number of hydrogen-bond donors (Lipinski definition) is 0. The first-order valence-electron chi connectivity index (χ1n) is 22.3. The number of anilines is 12. The van der Waals surface area contributed by atoms with Gasteiger partial charge in [0.05, 0.1) is 11.4 Å². The van der Waals surface area contributed by atoms with E-state index in [0.717, 1.165) is 68.5 Å². The highest BCUT2D eigenvalue weighted by atomic mass is 15.3. The first-order valence-corrected chi connectivity index (χ1v) is 22.3. The molecular formula is C59H44BN5. The Bertz CT molecular complexity index is 2990. The van der Waals surface area contributed by atoms with Crippen LogP contribution in [0.2, 0.25) is 0 Å². The maximum atomic E-state index is 2.65. The Morgan fingerprint density at radius 2 is 0.615 bits per heavy atom. The SMILES string of the molecule is c1ccc(N(c2ccccc2)c2ccc3c(c2)N(c2ccccc2)c2cccc4[n+]2[B-]3(c2ccccc2)c2ccc(N(c3ccccc3)c3ccccc3)cc2N4c2ccccc2)cc1. The third-order valence-corrected chi connectivity index (χ3v) is 13.1. The van der Waals surface area contributed by atoms with E-state index < -0.39 is 6.28 Å². The molecule has 0 radical (unpaired) electrons. The Labute approximate surface area is 380 Å². The average Bonchev–Trinajstić information content (AvgIpc) is 3.38. The zero-order valence-electron chi connectivity index (χ0n) is 35.7. The van der Waals surface area contributed by atoms with Crippen LogP contribution in [0.5, 0.6) is 0 Å². The minimum atomic E-state index is -1.90. The van der Waals surface area contributed by atoms with Crippen LogP contribution < -0.4 is 40.5 Å². The predicted molar refractivity (Wildman–Crippen MR) is 272 cm³/mol. The minimum absolute atomic E-state index is 1.07. The molecule has 0 aliphatic carbocycles. The van der Waals surface area contributed by atoms with Gasteiger partial charge in [0.15, 0.2) is 11.6 Å². The molecule has 0 N–H and O–H groups in total. The van der Waals surface area contributed by atoms with Gasteiger partial charge in [-0.25, -0.2) is 9.80 Å². The molecule has 0 fully saturated rings. The Balaban J connectivity index is 1.20. The van der Waals surface area contributed by atoms with E-state index >= 15 is 0 Å². The maximum absolute atomic E-state index is 2.65. The minimum Gasteiger partial charge on any atom is -0.410 e. The van der Waals surface area contributed by atoms with E-state index in [0.29, 0.717) is 0 Å². The molecule has 6 heteroatoms. The fraction of sp³-hybridized carbons (Fsp3) is 0. The molecule has 10 aromatic rings. The summed E-state index contributed by atoms with van der Waals surface area (Å²) >= 11 is 0. The number of hydrogen-bond acceptors (Lipinski definition) is 4. The number of nitrogens with zero attached hydrogens (tertiary/aromatic N) is 5. The molecule has 9 aromatic carbocycles. The van der Waals surface area contributed by atoms with Gasteiger partial charge in [0.25, 0.3) is 0 Å². The maximum Gasteiger partial charge on any atom is 0.250 e. The summed E-state index contributed by atoms with van der Waals surface area (Å²) in [5.74, 6) is 2.16. The van der Waals surface area contributed by atoms with Gasteiger partial charge in [0.1, 0.15) is 11.4 Å². The molecule has 308 valence electrons. The van der Waals surface area contributed by atoms with Crippen molar-refractivity contribution in [1.29, 1.82) is 0 Å². The van der Waals surface area contributed by atoms with Crippen molar-refractivity contribution in [2.75, 3.05) is 19.6 Å². The van der Waals surface area contributed by atoms with E-state index in [9.17, 15) is 0 Å². The highest BCUT2D eigenvalue weighted by Crippen LogP contribution is 2.47. The molecule has 0 bridgehead atoms. The van der Waals surface area contributed by atoms with E-state index in [1.54, 1.807) is 0 Å². The molecule has 12 rings (SSSR count). The first-order chi connectivity index (χ1) is 32.3. The second kappa shape index (κ2) is 15.9. The Kier molecular flexibility index (Phi) is 9.34. The Hall–Kier alpha value is -8.61. The van der Waals surface area contributed by atoms with Crippen molar-refractivity contribution < 1.29 is 4.48 Å². The molecule has 5 nitrogen and oxygen atoms in total. The van der Waals surface area contributed by atoms with E-state index in [2.05, 4.69) is 291 Å². The smallest absolute Gasteiger partial charge is 0.250 e. The van der Waals surface area contributed by atoms with Gasteiger partial charge in [-0.3, -0.25) is 0 Å². The molecule has 0 atom stereocenters. The summed E-state index contributed by atoms with van der Waals surface area (Å²) < 4.78 is 2.65. The van der Waals surface area contributed by atoms with Crippen LogP contribution in [-0.2, 0) is 0 Å². The summed E-state index contributed by atoms with van der Waals surface area (Å²) in [7, 11) is 0. The van der Waals surface area contributed by atoms with E-state index in [1.807, 2.05) is 0 Å². The number of aromatic nitrogens is 1. The normalized spacial score (nSPS) is 13.0. The summed E-state index contributed by atoms with van der Waals surface area (Å²) in [6.07, 6.45) is -1.90. The number of rotatable bonds is 9. The van der Waals surface area contributed by atoms with Crippen molar-refractivity contribution in [1.82, 2.24) is 0 Å². The van der Waals surface area contributed by atoms with Gasteiger partial charge in [-0.2, -0.15) is 5.46 Å². The summed E-state index contributed by atoms with van der Waals surface area (Å²) in [5, 5.41) is 0. The summed E-state index contributed by atoms with van der Waals surface area (Å²) in [6, 6.07) is 96.8. The predicted octanol–water partition coefficient (Wildman–Crippen LogP) is 13.0.